The minimum absolute atomic E-state index is 0.0577. The normalized spacial score (nSPS) is 9.86. The van der Waals surface area contributed by atoms with Gasteiger partial charge in [-0.25, -0.2) is 0 Å². The third-order valence-electron chi connectivity index (χ3n) is 3.70. The molecule has 2 aromatic carbocycles. The van der Waals surface area contributed by atoms with Crippen molar-refractivity contribution >= 4 is 29.1 Å². The molecule has 0 aliphatic rings. The van der Waals surface area contributed by atoms with Gasteiger partial charge in [0.05, 0.1) is 7.11 Å². The third-order valence-corrected chi connectivity index (χ3v) is 3.90. The molecule has 0 saturated carbocycles. The summed E-state index contributed by atoms with van der Waals surface area (Å²) in [4.78, 5) is 23.6. The summed E-state index contributed by atoms with van der Waals surface area (Å²) in [7, 11) is 1.56. The SMILES string of the molecule is CCc1ccc(OCC(=O)NC(=S)NNC(=O)COc2ccc(OC)cc2)cc1. The van der Waals surface area contributed by atoms with Crippen LogP contribution in [0.4, 0.5) is 0 Å². The Morgan fingerprint density at radius 1 is 0.828 bits per heavy atom. The van der Waals surface area contributed by atoms with Gasteiger partial charge in [-0.05, 0) is 60.6 Å². The molecule has 0 radical (unpaired) electrons. The second-order valence-electron chi connectivity index (χ2n) is 5.80. The summed E-state index contributed by atoms with van der Waals surface area (Å²) in [6.45, 7) is 1.62. The van der Waals surface area contributed by atoms with Gasteiger partial charge in [-0.1, -0.05) is 19.1 Å². The molecule has 0 bridgehead atoms. The number of carbonyl (C=O) groups excluding carboxylic acids is 2. The van der Waals surface area contributed by atoms with Gasteiger partial charge in [0, 0.05) is 0 Å². The van der Waals surface area contributed by atoms with Gasteiger partial charge in [-0.15, -0.1) is 0 Å². The highest BCUT2D eigenvalue weighted by atomic mass is 32.1. The lowest BCUT2D eigenvalue weighted by Crippen LogP contribution is -2.50. The molecule has 8 nitrogen and oxygen atoms in total. The maximum absolute atomic E-state index is 11.8. The van der Waals surface area contributed by atoms with Crippen LogP contribution in [0.3, 0.4) is 0 Å². The van der Waals surface area contributed by atoms with Gasteiger partial charge in [-0.2, -0.15) is 0 Å². The van der Waals surface area contributed by atoms with E-state index in [1.54, 1.807) is 43.5 Å². The molecule has 2 amide bonds. The van der Waals surface area contributed by atoms with Crippen molar-refractivity contribution < 1.29 is 23.8 Å². The molecule has 0 fully saturated rings. The highest BCUT2D eigenvalue weighted by Crippen LogP contribution is 2.16. The van der Waals surface area contributed by atoms with Crippen molar-refractivity contribution in [2.45, 2.75) is 13.3 Å². The Bertz CT molecular complexity index is 825. The molecule has 0 unspecified atom stereocenters. The van der Waals surface area contributed by atoms with Crippen LogP contribution in [-0.4, -0.2) is 37.3 Å². The number of hydrazine groups is 1. The first-order valence-corrected chi connectivity index (χ1v) is 9.28. The maximum Gasteiger partial charge on any atom is 0.276 e. The minimum Gasteiger partial charge on any atom is -0.497 e. The van der Waals surface area contributed by atoms with Crippen molar-refractivity contribution in [3.8, 4) is 17.2 Å². The summed E-state index contributed by atoms with van der Waals surface area (Å²) in [6, 6.07) is 14.3. The fourth-order valence-electron chi connectivity index (χ4n) is 2.15. The molecule has 154 valence electrons. The van der Waals surface area contributed by atoms with Gasteiger partial charge in [0.2, 0.25) is 0 Å². The van der Waals surface area contributed by atoms with Gasteiger partial charge in [0.15, 0.2) is 18.3 Å². The van der Waals surface area contributed by atoms with Crippen LogP contribution in [0.15, 0.2) is 48.5 Å². The maximum atomic E-state index is 11.8. The first kappa shape index (κ1) is 22.0. The number of methoxy groups -OCH3 is 1. The number of rotatable bonds is 8. The van der Waals surface area contributed by atoms with Gasteiger partial charge in [0.25, 0.3) is 11.8 Å². The van der Waals surface area contributed by atoms with Crippen molar-refractivity contribution in [1.82, 2.24) is 16.2 Å². The van der Waals surface area contributed by atoms with Crippen LogP contribution in [0.25, 0.3) is 0 Å². The summed E-state index contributed by atoms with van der Waals surface area (Å²) in [5, 5.41) is 2.34. The van der Waals surface area contributed by atoms with E-state index in [9.17, 15) is 9.59 Å². The van der Waals surface area contributed by atoms with E-state index < -0.39 is 11.8 Å². The van der Waals surface area contributed by atoms with E-state index >= 15 is 0 Å². The number of carbonyl (C=O) groups is 2. The molecule has 0 aliphatic carbocycles. The standard InChI is InChI=1S/C20H23N3O5S/c1-3-14-4-6-16(7-5-14)27-12-18(24)21-20(29)23-22-19(25)13-28-17-10-8-15(26-2)9-11-17/h4-11H,3,12-13H2,1-2H3,(H,22,25)(H2,21,23,24,29). The van der Waals surface area contributed by atoms with E-state index in [-0.39, 0.29) is 18.3 Å². The molecule has 0 aromatic heterocycles. The average Bonchev–Trinajstić information content (AvgIpc) is 2.75. The Morgan fingerprint density at radius 3 is 1.90 bits per heavy atom. The molecule has 3 N–H and O–H groups in total. The largest absolute Gasteiger partial charge is 0.497 e. The lowest BCUT2D eigenvalue weighted by Gasteiger charge is -2.12. The van der Waals surface area contributed by atoms with Gasteiger partial charge in [-0.3, -0.25) is 25.8 Å². The Morgan fingerprint density at radius 2 is 1.34 bits per heavy atom. The van der Waals surface area contributed by atoms with Crippen LogP contribution in [0.2, 0.25) is 0 Å². The highest BCUT2D eigenvalue weighted by molar-refractivity contribution is 7.80. The lowest BCUT2D eigenvalue weighted by atomic mass is 10.2. The summed E-state index contributed by atoms with van der Waals surface area (Å²) in [5.74, 6) is 0.864. The molecule has 2 aromatic rings. The third kappa shape index (κ3) is 8.06. The smallest absolute Gasteiger partial charge is 0.276 e. The number of benzene rings is 2. The predicted molar refractivity (Wildman–Crippen MR) is 112 cm³/mol. The Hall–Kier alpha value is -3.33. The van der Waals surface area contributed by atoms with Crippen LogP contribution in [0.5, 0.6) is 17.2 Å². The number of aryl methyl sites for hydroxylation is 1. The van der Waals surface area contributed by atoms with Gasteiger partial charge >= 0.3 is 0 Å². The van der Waals surface area contributed by atoms with Crippen molar-refractivity contribution in [2.24, 2.45) is 0 Å². The van der Waals surface area contributed by atoms with E-state index in [1.165, 1.54) is 5.56 Å². The average molecular weight is 417 g/mol. The first-order chi connectivity index (χ1) is 14.0. The second-order valence-corrected chi connectivity index (χ2v) is 6.21. The number of ether oxygens (including phenoxy) is 3. The van der Waals surface area contributed by atoms with Crippen LogP contribution in [0.1, 0.15) is 12.5 Å². The zero-order valence-electron chi connectivity index (χ0n) is 16.2. The van der Waals surface area contributed by atoms with Gasteiger partial charge < -0.3 is 14.2 Å². The fourth-order valence-corrected chi connectivity index (χ4v) is 2.31. The van der Waals surface area contributed by atoms with E-state index in [0.29, 0.717) is 17.2 Å². The molecule has 29 heavy (non-hydrogen) atoms. The van der Waals surface area contributed by atoms with Gasteiger partial charge in [0.1, 0.15) is 17.2 Å². The van der Waals surface area contributed by atoms with E-state index in [2.05, 4.69) is 23.1 Å². The molecular formula is C20H23N3O5S. The van der Waals surface area contributed by atoms with E-state index in [0.717, 1.165) is 6.42 Å². The molecule has 0 saturated heterocycles. The number of nitrogens with one attached hydrogen (secondary N) is 3. The fraction of sp³-hybridized carbons (Fsp3) is 0.250. The summed E-state index contributed by atoms with van der Waals surface area (Å²) in [5.41, 5.74) is 5.94. The molecule has 0 spiro atoms. The monoisotopic (exact) mass is 417 g/mol. The van der Waals surface area contributed by atoms with Crippen LogP contribution < -0.4 is 30.4 Å². The zero-order chi connectivity index (χ0) is 21.1. The van der Waals surface area contributed by atoms with E-state index in [4.69, 9.17) is 26.4 Å². The molecule has 0 aliphatic heterocycles. The second kappa shape index (κ2) is 11.5. The number of hydrogen-bond acceptors (Lipinski definition) is 6. The zero-order valence-corrected chi connectivity index (χ0v) is 17.0. The number of amides is 2. The molecule has 0 atom stereocenters. The van der Waals surface area contributed by atoms with Crippen molar-refractivity contribution in [3.63, 3.8) is 0 Å². The first-order valence-electron chi connectivity index (χ1n) is 8.87. The molecule has 0 heterocycles. The highest BCUT2D eigenvalue weighted by Gasteiger charge is 2.08. The summed E-state index contributed by atoms with van der Waals surface area (Å²) < 4.78 is 15.7. The van der Waals surface area contributed by atoms with Crippen LogP contribution >= 0.6 is 12.2 Å². The Kier molecular flexibility index (Phi) is 8.71. The van der Waals surface area contributed by atoms with Crippen molar-refractivity contribution in [2.75, 3.05) is 20.3 Å². The lowest BCUT2D eigenvalue weighted by molar-refractivity contribution is -0.124. The predicted octanol–water partition coefficient (Wildman–Crippen LogP) is 1.74. The Labute approximate surface area is 174 Å². The number of hydrogen-bond donors (Lipinski definition) is 3. The van der Waals surface area contributed by atoms with Crippen LogP contribution in [0, 0.1) is 0 Å². The van der Waals surface area contributed by atoms with Crippen molar-refractivity contribution in [1.29, 1.82) is 0 Å². The summed E-state index contributed by atoms with van der Waals surface area (Å²) in [6.07, 6.45) is 0.928. The number of thiocarbonyl (C=S) groups is 1. The summed E-state index contributed by atoms with van der Waals surface area (Å²) >= 11 is 4.95. The van der Waals surface area contributed by atoms with Crippen LogP contribution in [-0.2, 0) is 16.0 Å². The minimum atomic E-state index is -0.468. The molecule has 2 rings (SSSR count). The Balaban J connectivity index is 1.63. The topological polar surface area (TPSA) is 97.9 Å². The van der Waals surface area contributed by atoms with E-state index in [1.807, 2.05) is 12.1 Å². The molecule has 9 heteroatoms. The van der Waals surface area contributed by atoms with Crippen molar-refractivity contribution in [3.05, 3.63) is 54.1 Å². The quantitative estimate of drug-likeness (QED) is 0.445. The molecular weight excluding hydrogens is 394 g/mol.